The molecule has 0 saturated carbocycles. The smallest absolute Gasteiger partial charge is 0.273 e. The zero-order valence-corrected chi connectivity index (χ0v) is 13.2. The van der Waals surface area contributed by atoms with Gasteiger partial charge in [0.25, 0.3) is 5.91 Å². The number of amides is 1. The summed E-state index contributed by atoms with van der Waals surface area (Å²) in [6.45, 7) is 6.81. The number of nitrogens with one attached hydrogen (secondary N) is 2. The lowest BCUT2D eigenvalue weighted by Gasteiger charge is -2.22. The molecule has 6 nitrogen and oxygen atoms in total. The Kier molecular flexibility index (Phi) is 5.04. The highest BCUT2D eigenvalue weighted by Gasteiger charge is 2.21. The van der Waals surface area contributed by atoms with E-state index in [-0.39, 0.29) is 10.7 Å². The summed E-state index contributed by atoms with van der Waals surface area (Å²) >= 11 is 1.73. The van der Waals surface area contributed by atoms with Gasteiger partial charge < -0.3 is 10.6 Å². The Morgan fingerprint density at radius 3 is 2.90 bits per heavy atom. The fourth-order valence-corrected chi connectivity index (χ4v) is 2.30. The van der Waals surface area contributed by atoms with E-state index in [4.69, 9.17) is 0 Å². The van der Waals surface area contributed by atoms with Crippen molar-refractivity contribution < 1.29 is 4.79 Å². The van der Waals surface area contributed by atoms with Crippen LogP contribution in [0, 0.1) is 0 Å². The second-order valence-electron chi connectivity index (χ2n) is 5.71. The van der Waals surface area contributed by atoms with E-state index in [9.17, 15) is 4.79 Å². The number of thioether (sulfide) groups is 1. The second kappa shape index (κ2) is 6.58. The van der Waals surface area contributed by atoms with E-state index < -0.39 is 0 Å². The minimum Gasteiger partial charge on any atom is -0.349 e. The van der Waals surface area contributed by atoms with E-state index in [0.29, 0.717) is 18.3 Å². The van der Waals surface area contributed by atoms with Crippen molar-refractivity contribution in [1.29, 1.82) is 0 Å². The maximum atomic E-state index is 12.1. The molecule has 1 aromatic rings. The Morgan fingerprint density at radius 1 is 1.55 bits per heavy atom. The van der Waals surface area contributed by atoms with Crippen molar-refractivity contribution in [2.75, 3.05) is 25.9 Å². The molecule has 1 saturated heterocycles. The Labute approximate surface area is 124 Å². The number of rotatable bonds is 5. The van der Waals surface area contributed by atoms with Gasteiger partial charge in [-0.3, -0.25) is 4.79 Å². The van der Waals surface area contributed by atoms with E-state index in [1.54, 1.807) is 18.0 Å². The van der Waals surface area contributed by atoms with Gasteiger partial charge in [0.1, 0.15) is 0 Å². The molecule has 0 radical (unpaired) electrons. The van der Waals surface area contributed by atoms with Crippen LogP contribution >= 0.6 is 11.8 Å². The maximum absolute atomic E-state index is 12.1. The van der Waals surface area contributed by atoms with Gasteiger partial charge in [-0.1, -0.05) is 5.21 Å². The average molecular weight is 297 g/mol. The summed E-state index contributed by atoms with van der Waals surface area (Å²) in [4.78, 5) is 12.1. The lowest BCUT2D eigenvalue weighted by molar-refractivity contribution is 0.0945. The first-order valence-electron chi connectivity index (χ1n) is 6.98. The Hall–Kier alpha value is -1.08. The minimum absolute atomic E-state index is 0.0285. The van der Waals surface area contributed by atoms with Gasteiger partial charge in [-0.15, -0.1) is 5.10 Å². The fourth-order valence-electron chi connectivity index (χ4n) is 2.09. The van der Waals surface area contributed by atoms with Gasteiger partial charge in [-0.25, -0.2) is 4.68 Å². The van der Waals surface area contributed by atoms with Crippen molar-refractivity contribution in [2.45, 2.75) is 37.5 Å². The summed E-state index contributed by atoms with van der Waals surface area (Å²) in [6, 6.07) is 0.355. The van der Waals surface area contributed by atoms with Crippen molar-refractivity contribution >= 4 is 17.7 Å². The van der Waals surface area contributed by atoms with Crippen LogP contribution in [0.2, 0.25) is 0 Å². The SMILES string of the molecule is CSC(C)(C)CNC(=O)c1cn(C2CCNCC2)nn1. The molecule has 20 heavy (non-hydrogen) atoms. The molecule has 2 heterocycles. The summed E-state index contributed by atoms with van der Waals surface area (Å²) < 4.78 is 1.86. The number of nitrogens with zero attached hydrogens (tertiary/aromatic N) is 3. The van der Waals surface area contributed by atoms with E-state index >= 15 is 0 Å². The number of hydrogen-bond acceptors (Lipinski definition) is 5. The topological polar surface area (TPSA) is 71.8 Å². The highest BCUT2D eigenvalue weighted by Crippen LogP contribution is 2.20. The van der Waals surface area contributed by atoms with Gasteiger partial charge in [0.05, 0.1) is 12.2 Å². The van der Waals surface area contributed by atoms with Crippen molar-refractivity contribution in [3.8, 4) is 0 Å². The van der Waals surface area contributed by atoms with Gasteiger partial charge in [-0.05, 0) is 46.0 Å². The van der Waals surface area contributed by atoms with E-state index in [1.165, 1.54) is 0 Å². The van der Waals surface area contributed by atoms with Crippen LogP contribution < -0.4 is 10.6 Å². The van der Waals surface area contributed by atoms with Crippen LogP contribution in [0.1, 0.15) is 43.2 Å². The molecule has 2 N–H and O–H groups in total. The van der Waals surface area contributed by atoms with Crippen molar-refractivity contribution in [3.05, 3.63) is 11.9 Å². The van der Waals surface area contributed by atoms with Crippen LogP contribution in [-0.2, 0) is 0 Å². The van der Waals surface area contributed by atoms with E-state index in [0.717, 1.165) is 25.9 Å². The standard InChI is InChI=1S/C13H23N5OS/c1-13(2,20-3)9-15-12(19)11-8-18(17-16-11)10-4-6-14-7-5-10/h8,10,14H,4-7,9H2,1-3H3,(H,15,19). The molecule has 0 spiro atoms. The van der Waals surface area contributed by atoms with E-state index in [1.807, 2.05) is 10.9 Å². The molecule has 1 aliphatic rings. The molecule has 1 amide bonds. The lowest BCUT2D eigenvalue weighted by Crippen LogP contribution is -2.36. The quantitative estimate of drug-likeness (QED) is 0.851. The molecular formula is C13H23N5OS. The van der Waals surface area contributed by atoms with Gasteiger partial charge in [-0.2, -0.15) is 11.8 Å². The summed E-state index contributed by atoms with van der Waals surface area (Å²) in [5.74, 6) is -0.146. The third-order valence-corrected chi connectivity index (χ3v) is 4.90. The Balaban J connectivity index is 1.92. The Bertz CT molecular complexity index is 453. The average Bonchev–Trinajstić information content (AvgIpc) is 2.96. The molecule has 112 valence electrons. The van der Waals surface area contributed by atoms with Crippen molar-refractivity contribution in [1.82, 2.24) is 25.6 Å². The summed E-state index contributed by atoms with van der Waals surface area (Å²) in [6.07, 6.45) is 5.87. The second-order valence-corrected chi connectivity index (χ2v) is 7.22. The van der Waals surface area contributed by atoms with Crippen LogP contribution in [0.5, 0.6) is 0 Å². The monoisotopic (exact) mass is 297 g/mol. The molecule has 0 aliphatic carbocycles. The first-order chi connectivity index (χ1) is 9.52. The maximum Gasteiger partial charge on any atom is 0.273 e. The van der Waals surface area contributed by atoms with Crippen LogP contribution in [0.4, 0.5) is 0 Å². The number of carbonyl (C=O) groups excluding carboxylic acids is 1. The van der Waals surface area contributed by atoms with Crippen LogP contribution in [-0.4, -0.2) is 51.5 Å². The molecule has 0 atom stereocenters. The summed E-state index contributed by atoms with van der Waals surface area (Å²) in [5, 5.41) is 14.3. The zero-order valence-electron chi connectivity index (χ0n) is 12.3. The Morgan fingerprint density at radius 2 is 2.25 bits per heavy atom. The van der Waals surface area contributed by atoms with Gasteiger partial charge >= 0.3 is 0 Å². The molecule has 7 heteroatoms. The van der Waals surface area contributed by atoms with Crippen LogP contribution in [0.25, 0.3) is 0 Å². The summed E-state index contributed by atoms with van der Waals surface area (Å²) in [7, 11) is 0. The largest absolute Gasteiger partial charge is 0.349 e. The van der Waals surface area contributed by atoms with Gasteiger partial charge in [0.2, 0.25) is 0 Å². The third kappa shape index (κ3) is 3.96. The first kappa shape index (κ1) is 15.3. The predicted octanol–water partition coefficient (Wildman–Crippen LogP) is 1.07. The summed E-state index contributed by atoms with van der Waals surface area (Å²) in [5.41, 5.74) is 0.403. The highest BCUT2D eigenvalue weighted by atomic mass is 32.2. The number of carbonyl (C=O) groups is 1. The molecule has 0 unspecified atom stereocenters. The number of aromatic nitrogens is 3. The number of hydrogen-bond donors (Lipinski definition) is 2. The van der Waals surface area contributed by atoms with E-state index in [2.05, 4.69) is 34.8 Å². The van der Waals surface area contributed by atoms with Gasteiger partial charge in [0.15, 0.2) is 5.69 Å². The van der Waals surface area contributed by atoms with Crippen LogP contribution in [0.15, 0.2) is 6.20 Å². The fraction of sp³-hybridized carbons (Fsp3) is 0.769. The van der Waals surface area contributed by atoms with Crippen LogP contribution in [0.3, 0.4) is 0 Å². The highest BCUT2D eigenvalue weighted by molar-refractivity contribution is 7.99. The lowest BCUT2D eigenvalue weighted by atomic mass is 10.1. The zero-order chi connectivity index (χ0) is 14.6. The number of piperidine rings is 1. The molecule has 1 fully saturated rings. The molecule has 1 aliphatic heterocycles. The normalized spacial score (nSPS) is 17.1. The molecule has 1 aromatic heterocycles. The third-order valence-electron chi connectivity index (χ3n) is 3.65. The first-order valence-corrected chi connectivity index (χ1v) is 8.20. The molecular weight excluding hydrogens is 274 g/mol. The van der Waals surface area contributed by atoms with Crippen molar-refractivity contribution in [2.24, 2.45) is 0 Å². The van der Waals surface area contributed by atoms with Gasteiger partial charge in [0, 0.05) is 11.3 Å². The predicted molar refractivity (Wildman–Crippen MR) is 81.1 cm³/mol. The van der Waals surface area contributed by atoms with Crippen molar-refractivity contribution in [3.63, 3.8) is 0 Å². The minimum atomic E-state index is -0.146. The molecule has 0 aromatic carbocycles. The molecule has 2 rings (SSSR count). The molecule has 0 bridgehead atoms.